The molecule has 270 valence electrons. The molecule has 2 unspecified atom stereocenters. The molecule has 2 aromatic rings. The van der Waals surface area contributed by atoms with Crippen LogP contribution in [0.3, 0.4) is 0 Å². The van der Waals surface area contributed by atoms with Gasteiger partial charge in [0.1, 0.15) is 11.4 Å². The summed E-state index contributed by atoms with van der Waals surface area (Å²) in [6.45, 7) is 10.3. The van der Waals surface area contributed by atoms with Crippen LogP contribution in [-0.2, 0) is 30.7 Å². The third kappa shape index (κ3) is 9.13. The van der Waals surface area contributed by atoms with E-state index >= 15 is 4.39 Å². The van der Waals surface area contributed by atoms with E-state index in [1.165, 1.54) is 16.4 Å². The summed E-state index contributed by atoms with van der Waals surface area (Å²) >= 11 is 6.19. The second-order valence-electron chi connectivity index (χ2n) is 15.2. The van der Waals surface area contributed by atoms with E-state index in [2.05, 4.69) is 5.32 Å². The van der Waals surface area contributed by atoms with Crippen molar-refractivity contribution in [2.24, 2.45) is 11.7 Å². The molecule has 13 heteroatoms. The Morgan fingerprint density at radius 2 is 1.86 bits per heavy atom. The van der Waals surface area contributed by atoms with Gasteiger partial charge in [0.25, 0.3) is 0 Å². The van der Waals surface area contributed by atoms with Crippen LogP contribution < -0.4 is 11.1 Å². The molecule has 3 saturated heterocycles. The number of carbonyl (C=O) groups is 2. The van der Waals surface area contributed by atoms with Gasteiger partial charge >= 0.3 is 6.09 Å². The van der Waals surface area contributed by atoms with E-state index in [4.69, 9.17) is 26.8 Å². The highest BCUT2D eigenvalue weighted by molar-refractivity contribution is 7.89. The lowest BCUT2D eigenvalue weighted by Gasteiger charge is -2.44. The summed E-state index contributed by atoms with van der Waals surface area (Å²) in [5, 5.41) is 3.48. The fraction of sp³-hybridized carbons (Fsp3) is 0.611. The van der Waals surface area contributed by atoms with E-state index in [0.29, 0.717) is 30.9 Å². The fourth-order valence-corrected chi connectivity index (χ4v) is 9.49. The number of sulfonamides is 1. The van der Waals surface area contributed by atoms with Crippen molar-refractivity contribution in [1.82, 2.24) is 9.21 Å². The Hall–Kier alpha value is -2.77. The van der Waals surface area contributed by atoms with Crippen LogP contribution in [0.2, 0.25) is 5.02 Å². The van der Waals surface area contributed by atoms with Crippen LogP contribution in [-0.4, -0.2) is 84.4 Å². The highest BCUT2D eigenvalue weighted by Gasteiger charge is 2.45. The van der Waals surface area contributed by atoms with Gasteiger partial charge in [0.15, 0.2) is 0 Å². The average molecular weight is 721 g/mol. The Kier molecular flexibility index (Phi) is 11.3. The highest BCUT2D eigenvalue weighted by Crippen LogP contribution is 2.40. The lowest BCUT2D eigenvalue weighted by molar-refractivity contribution is -0.119. The number of ether oxygens (including phenoxy) is 2. The molecular weight excluding hydrogens is 671 g/mol. The zero-order valence-corrected chi connectivity index (χ0v) is 30.7. The number of nitrogens with two attached hydrogens (primary N) is 1. The Balaban J connectivity index is 1.37. The van der Waals surface area contributed by atoms with Gasteiger partial charge in [-0.2, -0.15) is 4.31 Å². The number of piperazine rings is 1. The van der Waals surface area contributed by atoms with Gasteiger partial charge in [-0.1, -0.05) is 29.8 Å². The topological polar surface area (TPSA) is 131 Å². The van der Waals surface area contributed by atoms with Crippen LogP contribution >= 0.6 is 11.6 Å². The molecule has 6 atom stereocenters. The highest BCUT2D eigenvalue weighted by atomic mass is 35.5. The summed E-state index contributed by atoms with van der Waals surface area (Å²) in [7, 11) is -3.58. The number of halogens is 2. The molecule has 3 aliphatic rings. The minimum Gasteiger partial charge on any atom is -0.444 e. The summed E-state index contributed by atoms with van der Waals surface area (Å²) < 4.78 is 55.2. The normalized spacial score (nSPS) is 26.2. The number of hydrogen-bond acceptors (Lipinski definition) is 7. The second-order valence-corrected chi connectivity index (χ2v) is 17.7. The number of fused-ring (bicyclic) bond motifs is 2. The zero-order chi connectivity index (χ0) is 35.7. The van der Waals surface area contributed by atoms with Gasteiger partial charge in [-0.05, 0) is 109 Å². The number of rotatable bonds is 8. The molecule has 0 saturated carbocycles. The molecule has 49 heavy (non-hydrogen) atoms. The number of hydrogen-bond donors (Lipinski definition) is 2. The molecule has 0 aromatic heterocycles. The van der Waals surface area contributed by atoms with Crippen molar-refractivity contribution in [3.63, 3.8) is 0 Å². The van der Waals surface area contributed by atoms with Crippen molar-refractivity contribution in [3.8, 4) is 0 Å². The molecule has 2 bridgehead atoms. The van der Waals surface area contributed by atoms with Crippen molar-refractivity contribution in [2.45, 2.75) is 108 Å². The third-order valence-electron chi connectivity index (χ3n) is 9.86. The van der Waals surface area contributed by atoms with Crippen LogP contribution in [0, 0.1) is 11.7 Å². The molecular formula is C36H50ClFN4O6S. The van der Waals surface area contributed by atoms with E-state index in [1.54, 1.807) is 43.9 Å². The first kappa shape index (κ1) is 37.5. The number of benzene rings is 2. The fourth-order valence-electron chi connectivity index (χ4n) is 7.57. The van der Waals surface area contributed by atoms with E-state index in [-0.39, 0.29) is 66.4 Å². The molecule has 5 rings (SSSR count). The van der Waals surface area contributed by atoms with Crippen molar-refractivity contribution >= 4 is 39.3 Å². The first-order valence-electron chi connectivity index (χ1n) is 17.2. The van der Waals surface area contributed by atoms with Crippen LogP contribution in [0.15, 0.2) is 42.5 Å². The summed E-state index contributed by atoms with van der Waals surface area (Å²) in [6.07, 6.45) is 2.27. The smallest absolute Gasteiger partial charge is 0.410 e. The minimum absolute atomic E-state index is 0.0137. The molecule has 0 spiro atoms. The van der Waals surface area contributed by atoms with Crippen LogP contribution in [0.25, 0.3) is 0 Å². The van der Waals surface area contributed by atoms with Crippen LogP contribution in [0.4, 0.5) is 14.9 Å². The summed E-state index contributed by atoms with van der Waals surface area (Å²) in [4.78, 5) is 28.8. The molecule has 3 aliphatic heterocycles. The van der Waals surface area contributed by atoms with E-state index in [9.17, 15) is 18.0 Å². The van der Waals surface area contributed by atoms with Gasteiger partial charge in [0.2, 0.25) is 15.9 Å². The largest absolute Gasteiger partial charge is 0.444 e. The summed E-state index contributed by atoms with van der Waals surface area (Å²) in [5.74, 6) is -1.29. The quantitative estimate of drug-likeness (QED) is 0.338. The van der Waals surface area contributed by atoms with Gasteiger partial charge in [0.05, 0.1) is 17.4 Å². The Bertz CT molecular complexity index is 1620. The number of carbonyl (C=O) groups excluding carboxylic acids is 2. The molecule has 3 fully saturated rings. The maximum absolute atomic E-state index is 15.5. The minimum atomic E-state index is -3.58. The van der Waals surface area contributed by atoms with Gasteiger partial charge < -0.3 is 25.4 Å². The standard InChI is InChI=1S/C36H50ClFN4O6S/c1-35(2,3)48-34(44)41-21-27(42-22-26(41)8-7-19-49(42,45)46)15-16-28-29(38)9-6-10-30(28)40-33(43)32(39)31(23-11-13-25(37)14-12-23)24-17-18-47-36(4,5)20-24/h6,9-14,24,26-27,31-32H,7-8,15-22,39H2,1-5H3,(H,40,43)/t24?,26-,27+,31+,32+/m1/s1. The SMILES string of the molecule is CC(C)(C)OC(=O)N1C[C@H](CCc2c(F)cccc2NC(=O)[C@@H](N)[C@@H](c2ccc(Cl)cc2)C2CCOC(C)(C)C2)N2C[C@H]1CCCS2(=O)=O. The summed E-state index contributed by atoms with van der Waals surface area (Å²) in [5.41, 5.74) is 7.08. The lowest BCUT2D eigenvalue weighted by atomic mass is 9.73. The second kappa shape index (κ2) is 14.8. The van der Waals surface area contributed by atoms with E-state index in [1.807, 2.05) is 26.0 Å². The molecule has 2 aromatic carbocycles. The lowest BCUT2D eigenvalue weighted by Crippen LogP contribution is -2.60. The van der Waals surface area contributed by atoms with Crippen LogP contribution in [0.1, 0.15) is 83.8 Å². The molecule has 2 amide bonds. The summed E-state index contributed by atoms with van der Waals surface area (Å²) in [6, 6.07) is 9.96. The zero-order valence-electron chi connectivity index (χ0n) is 29.1. The monoisotopic (exact) mass is 720 g/mol. The van der Waals surface area contributed by atoms with Gasteiger partial charge in [0, 0.05) is 54.0 Å². The maximum Gasteiger partial charge on any atom is 0.410 e. The van der Waals surface area contributed by atoms with Crippen molar-refractivity contribution in [3.05, 3.63) is 64.4 Å². The predicted molar refractivity (Wildman–Crippen MR) is 189 cm³/mol. The molecule has 3 N–H and O–H groups in total. The van der Waals surface area contributed by atoms with Gasteiger partial charge in [-0.25, -0.2) is 17.6 Å². The van der Waals surface area contributed by atoms with Crippen LogP contribution in [0.5, 0.6) is 0 Å². The maximum atomic E-state index is 15.5. The first-order chi connectivity index (χ1) is 22.9. The molecule has 0 aliphatic carbocycles. The number of anilines is 1. The molecule has 0 radical (unpaired) electrons. The number of nitrogens with zero attached hydrogens (tertiary/aromatic N) is 2. The van der Waals surface area contributed by atoms with Gasteiger partial charge in [-0.3, -0.25) is 4.79 Å². The third-order valence-corrected chi connectivity index (χ3v) is 12.1. The van der Waals surface area contributed by atoms with Crippen molar-refractivity contribution in [1.29, 1.82) is 0 Å². The Morgan fingerprint density at radius 1 is 1.14 bits per heavy atom. The Labute approximate surface area is 294 Å². The number of nitrogens with one attached hydrogen (secondary N) is 1. The van der Waals surface area contributed by atoms with E-state index < -0.39 is 45.5 Å². The molecule has 10 nitrogen and oxygen atoms in total. The van der Waals surface area contributed by atoms with Gasteiger partial charge in [-0.15, -0.1) is 0 Å². The van der Waals surface area contributed by atoms with Crippen molar-refractivity contribution < 1.29 is 31.9 Å². The Morgan fingerprint density at radius 3 is 2.53 bits per heavy atom. The van der Waals surface area contributed by atoms with E-state index in [0.717, 1.165) is 12.0 Å². The predicted octanol–water partition coefficient (Wildman–Crippen LogP) is 6.08. The molecule has 3 heterocycles. The number of amides is 2. The first-order valence-corrected chi connectivity index (χ1v) is 19.2. The average Bonchev–Trinajstić information content (AvgIpc) is 3.13. The van der Waals surface area contributed by atoms with Crippen molar-refractivity contribution in [2.75, 3.05) is 30.8 Å².